The molecule has 2 aromatic rings. The summed E-state index contributed by atoms with van der Waals surface area (Å²) in [4.78, 5) is 26.4. The van der Waals surface area contributed by atoms with Crippen LogP contribution in [0.3, 0.4) is 0 Å². The van der Waals surface area contributed by atoms with Crippen LogP contribution in [0.1, 0.15) is 53.2 Å². The number of carbonyl (C=O) groups excluding carboxylic acids is 1. The van der Waals surface area contributed by atoms with E-state index in [4.69, 9.17) is 5.11 Å². The molecule has 1 saturated heterocycles. The maximum absolute atomic E-state index is 13.3. The van der Waals surface area contributed by atoms with Crippen molar-refractivity contribution >= 4 is 11.9 Å². The lowest BCUT2D eigenvalue weighted by atomic mass is 9.89. The number of aryl methyl sites for hydroxylation is 1. The fourth-order valence-corrected chi connectivity index (χ4v) is 4.14. The van der Waals surface area contributed by atoms with Crippen molar-refractivity contribution in [2.24, 2.45) is 0 Å². The average molecular weight is 353 g/mol. The number of nitrogens with zero attached hydrogens (tertiary/aromatic N) is 3. The van der Waals surface area contributed by atoms with Crippen LogP contribution in [0.25, 0.3) is 0 Å². The fraction of sp³-hybridized carbons (Fsp3) is 0.450. The molecule has 0 bridgehead atoms. The van der Waals surface area contributed by atoms with E-state index in [0.717, 1.165) is 37.8 Å². The maximum atomic E-state index is 13.3. The summed E-state index contributed by atoms with van der Waals surface area (Å²) in [7, 11) is 0. The van der Waals surface area contributed by atoms with Crippen molar-refractivity contribution in [1.82, 2.24) is 14.7 Å². The topological polar surface area (TPSA) is 75.4 Å². The van der Waals surface area contributed by atoms with E-state index in [1.54, 1.807) is 10.9 Å². The number of carboxylic acid groups (broad SMARTS) is 1. The van der Waals surface area contributed by atoms with E-state index in [9.17, 15) is 9.59 Å². The Bertz CT molecular complexity index is 853. The van der Waals surface area contributed by atoms with Gasteiger partial charge < -0.3 is 10.0 Å². The van der Waals surface area contributed by atoms with E-state index in [1.165, 1.54) is 11.8 Å². The number of rotatable bonds is 4. The van der Waals surface area contributed by atoms with Crippen molar-refractivity contribution in [3.05, 3.63) is 53.3 Å². The van der Waals surface area contributed by atoms with Crippen LogP contribution in [0, 0.1) is 6.92 Å². The normalized spacial score (nSPS) is 21.4. The molecular weight excluding hydrogens is 330 g/mol. The minimum atomic E-state index is -0.975. The third kappa shape index (κ3) is 2.79. The molecule has 6 heteroatoms. The summed E-state index contributed by atoms with van der Waals surface area (Å²) < 4.78 is 1.70. The van der Waals surface area contributed by atoms with E-state index in [2.05, 4.69) is 24.2 Å². The van der Waals surface area contributed by atoms with Gasteiger partial charge in [-0.3, -0.25) is 9.48 Å². The lowest BCUT2D eigenvalue weighted by molar-refractivity contribution is -0.135. The lowest BCUT2D eigenvalue weighted by Crippen LogP contribution is -2.45. The molecule has 1 saturated carbocycles. The molecule has 1 aliphatic carbocycles. The first-order valence-electron chi connectivity index (χ1n) is 9.14. The maximum Gasteiger partial charge on any atom is 0.338 e. The molecule has 2 heterocycles. The number of hydrogen-bond donors (Lipinski definition) is 1. The summed E-state index contributed by atoms with van der Waals surface area (Å²) in [5, 5.41) is 13.3. The fourth-order valence-electron chi connectivity index (χ4n) is 4.14. The Morgan fingerprint density at radius 2 is 2.04 bits per heavy atom. The van der Waals surface area contributed by atoms with Crippen molar-refractivity contribution in [3.63, 3.8) is 0 Å². The highest BCUT2D eigenvalue weighted by Gasteiger charge is 2.54. The van der Waals surface area contributed by atoms with Crippen molar-refractivity contribution in [2.45, 2.75) is 44.1 Å². The van der Waals surface area contributed by atoms with Gasteiger partial charge in [-0.1, -0.05) is 24.3 Å². The number of carbonyl (C=O) groups is 2. The first-order valence-corrected chi connectivity index (χ1v) is 9.14. The molecule has 6 nitrogen and oxygen atoms in total. The molecular formula is C20H23N3O3. The molecule has 1 amide bonds. The Morgan fingerprint density at radius 3 is 2.69 bits per heavy atom. The van der Waals surface area contributed by atoms with Gasteiger partial charge in [0.25, 0.3) is 0 Å². The van der Waals surface area contributed by atoms with Gasteiger partial charge in [-0.05, 0) is 43.7 Å². The van der Waals surface area contributed by atoms with Gasteiger partial charge in [-0.15, -0.1) is 0 Å². The van der Waals surface area contributed by atoms with Gasteiger partial charge in [0.2, 0.25) is 5.91 Å². The predicted molar refractivity (Wildman–Crippen MR) is 96.1 cm³/mol. The zero-order valence-corrected chi connectivity index (χ0v) is 14.9. The van der Waals surface area contributed by atoms with E-state index in [0.29, 0.717) is 6.54 Å². The van der Waals surface area contributed by atoms with Gasteiger partial charge in [-0.25, -0.2) is 4.79 Å². The number of benzene rings is 1. The Kier molecular flexibility index (Phi) is 4.05. The second kappa shape index (κ2) is 6.27. The van der Waals surface area contributed by atoms with Crippen LogP contribution in [0.5, 0.6) is 0 Å². The van der Waals surface area contributed by atoms with Gasteiger partial charge >= 0.3 is 5.97 Å². The highest BCUT2D eigenvalue weighted by Crippen LogP contribution is 2.51. The molecule has 1 atom stereocenters. The standard InChI is InChI=1S/C20H23N3O3/c1-14-5-2-3-7-17(14)20(8-9-20)19(26)22-10-4-6-16(13-22)23-12-15(11-21-23)18(24)25/h2-3,5,7,11-12,16H,4,6,8-10,13H2,1H3,(H,24,25). The molecule has 136 valence electrons. The highest BCUT2D eigenvalue weighted by molar-refractivity contribution is 5.92. The van der Waals surface area contributed by atoms with E-state index in [-0.39, 0.29) is 22.9 Å². The molecule has 2 aliphatic rings. The van der Waals surface area contributed by atoms with Gasteiger partial charge in [0.05, 0.1) is 23.2 Å². The number of aromatic nitrogens is 2. The number of likely N-dealkylation sites (tertiary alicyclic amines) is 1. The Labute approximate surface area is 152 Å². The van der Waals surface area contributed by atoms with Crippen molar-refractivity contribution in [3.8, 4) is 0 Å². The minimum Gasteiger partial charge on any atom is -0.478 e. The lowest BCUT2D eigenvalue weighted by Gasteiger charge is -2.35. The van der Waals surface area contributed by atoms with Gasteiger partial charge in [-0.2, -0.15) is 5.10 Å². The summed E-state index contributed by atoms with van der Waals surface area (Å²) in [6.45, 7) is 3.42. The molecule has 4 rings (SSSR count). The quantitative estimate of drug-likeness (QED) is 0.917. The number of piperidine rings is 1. The van der Waals surface area contributed by atoms with Crippen LogP contribution in [0.15, 0.2) is 36.7 Å². The van der Waals surface area contributed by atoms with Crippen LogP contribution < -0.4 is 0 Å². The molecule has 1 N–H and O–H groups in total. The van der Waals surface area contributed by atoms with Crippen LogP contribution in [-0.4, -0.2) is 44.8 Å². The van der Waals surface area contributed by atoms with Crippen LogP contribution in [0.2, 0.25) is 0 Å². The minimum absolute atomic E-state index is 0.0356. The van der Waals surface area contributed by atoms with Gasteiger partial charge in [0, 0.05) is 19.3 Å². The first-order chi connectivity index (χ1) is 12.5. The summed E-state index contributed by atoms with van der Waals surface area (Å²) in [6.07, 6.45) is 6.56. The van der Waals surface area contributed by atoms with E-state index < -0.39 is 5.97 Å². The van der Waals surface area contributed by atoms with Crippen molar-refractivity contribution in [2.75, 3.05) is 13.1 Å². The number of hydrogen-bond acceptors (Lipinski definition) is 3. The zero-order chi connectivity index (χ0) is 18.3. The highest BCUT2D eigenvalue weighted by atomic mass is 16.4. The van der Waals surface area contributed by atoms with Crippen molar-refractivity contribution in [1.29, 1.82) is 0 Å². The smallest absolute Gasteiger partial charge is 0.338 e. The van der Waals surface area contributed by atoms with E-state index in [1.807, 2.05) is 17.0 Å². The van der Waals surface area contributed by atoms with Crippen LogP contribution >= 0.6 is 0 Å². The Morgan fingerprint density at radius 1 is 1.27 bits per heavy atom. The molecule has 2 fully saturated rings. The average Bonchev–Trinajstić information content (AvgIpc) is 3.29. The third-order valence-electron chi connectivity index (χ3n) is 5.73. The molecule has 1 aromatic carbocycles. The molecule has 26 heavy (non-hydrogen) atoms. The third-order valence-corrected chi connectivity index (χ3v) is 5.73. The molecule has 0 spiro atoms. The molecule has 1 aromatic heterocycles. The Balaban J connectivity index is 1.53. The number of aromatic carboxylic acids is 1. The number of carboxylic acids is 1. The summed E-state index contributed by atoms with van der Waals surface area (Å²) in [6, 6.07) is 8.20. The first kappa shape index (κ1) is 16.8. The molecule has 1 unspecified atom stereocenters. The monoisotopic (exact) mass is 353 g/mol. The second-order valence-corrected chi connectivity index (χ2v) is 7.46. The van der Waals surface area contributed by atoms with Gasteiger partial charge in [0.15, 0.2) is 0 Å². The zero-order valence-electron chi connectivity index (χ0n) is 14.9. The van der Waals surface area contributed by atoms with Gasteiger partial charge in [0.1, 0.15) is 0 Å². The molecule has 1 aliphatic heterocycles. The SMILES string of the molecule is Cc1ccccc1C1(C(=O)N2CCCC(n3cc(C(=O)O)cn3)C2)CC1. The van der Waals surface area contributed by atoms with Crippen LogP contribution in [0.4, 0.5) is 0 Å². The number of amides is 1. The second-order valence-electron chi connectivity index (χ2n) is 7.46. The summed E-state index contributed by atoms with van der Waals surface area (Å²) in [5.41, 5.74) is 2.15. The van der Waals surface area contributed by atoms with E-state index >= 15 is 0 Å². The predicted octanol–water partition coefficient (Wildman–Crippen LogP) is 2.79. The largest absolute Gasteiger partial charge is 0.478 e. The van der Waals surface area contributed by atoms with Crippen LogP contribution in [-0.2, 0) is 10.2 Å². The molecule has 0 radical (unpaired) electrons. The summed E-state index contributed by atoms with van der Waals surface area (Å²) >= 11 is 0. The van der Waals surface area contributed by atoms with Crippen molar-refractivity contribution < 1.29 is 14.7 Å². The summed E-state index contributed by atoms with van der Waals surface area (Å²) in [5.74, 6) is -0.765. The Hall–Kier alpha value is -2.63.